The van der Waals surface area contributed by atoms with E-state index in [9.17, 15) is 0 Å². The van der Waals surface area contributed by atoms with Gasteiger partial charge in [-0.2, -0.15) is 0 Å². The van der Waals surface area contributed by atoms with Crippen LogP contribution in [0.5, 0.6) is 5.75 Å². The molecule has 0 saturated carbocycles. The minimum absolute atomic E-state index is 0.155. The van der Waals surface area contributed by atoms with Gasteiger partial charge in [-0.1, -0.05) is 6.42 Å². The molecule has 1 aliphatic rings. The highest BCUT2D eigenvalue weighted by molar-refractivity contribution is 5.57. The zero-order chi connectivity index (χ0) is 13.1. The van der Waals surface area contributed by atoms with Crippen molar-refractivity contribution < 1.29 is 4.74 Å². The van der Waals surface area contributed by atoms with Crippen LogP contribution in [0.2, 0.25) is 0 Å². The second-order valence-electron chi connectivity index (χ2n) is 5.42. The fraction of sp³-hybridized carbons (Fsp3) is 0.600. The maximum absolute atomic E-state index is 6.02. The molecular weight excluding hydrogens is 224 g/mol. The number of nitrogens with two attached hydrogens (primary N) is 1. The van der Waals surface area contributed by atoms with Crippen LogP contribution < -0.4 is 15.8 Å². The number of ether oxygens (including phenoxy) is 1. The molecule has 0 amide bonds. The molecule has 1 unspecified atom stereocenters. The van der Waals surface area contributed by atoms with Crippen LogP contribution in [0.15, 0.2) is 12.1 Å². The van der Waals surface area contributed by atoms with Gasteiger partial charge in [0.15, 0.2) is 0 Å². The minimum atomic E-state index is 0.155. The summed E-state index contributed by atoms with van der Waals surface area (Å²) >= 11 is 0. The van der Waals surface area contributed by atoms with Crippen molar-refractivity contribution in [1.82, 2.24) is 5.32 Å². The zero-order valence-electron chi connectivity index (χ0n) is 11.6. The number of aryl methyl sites for hydroxylation is 1. The smallest absolute Gasteiger partial charge is 0.142 e. The second kappa shape index (κ2) is 5.61. The summed E-state index contributed by atoms with van der Waals surface area (Å²) in [5.41, 5.74) is 9.35. The molecule has 100 valence electrons. The van der Waals surface area contributed by atoms with Crippen LogP contribution in [-0.2, 0) is 0 Å². The third-order valence-corrected chi connectivity index (χ3v) is 3.45. The summed E-state index contributed by atoms with van der Waals surface area (Å²) in [6.07, 6.45) is 3.93. The normalized spacial score (nSPS) is 20.1. The van der Waals surface area contributed by atoms with E-state index in [0.717, 1.165) is 18.0 Å². The highest BCUT2D eigenvalue weighted by atomic mass is 16.5. The molecule has 3 N–H and O–H groups in total. The number of hydrogen-bond donors (Lipinski definition) is 2. The monoisotopic (exact) mass is 248 g/mol. The molecule has 1 heterocycles. The van der Waals surface area contributed by atoms with E-state index in [1.807, 2.05) is 19.9 Å². The third kappa shape index (κ3) is 2.96. The van der Waals surface area contributed by atoms with Gasteiger partial charge in [-0.15, -0.1) is 0 Å². The predicted octanol–water partition coefficient (Wildman–Crippen LogP) is 3.18. The maximum Gasteiger partial charge on any atom is 0.142 e. The first kappa shape index (κ1) is 13.2. The number of hydrogen-bond acceptors (Lipinski definition) is 3. The zero-order valence-corrected chi connectivity index (χ0v) is 11.6. The van der Waals surface area contributed by atoms with Gasteiger partial charge in [-0.25, -0.2) is 0 Å². The Balaban J connectivity index is 2.28. The largest absolute Gasteiger partial charge is 0.489 e. The Labute approximate surface area is 110 Å². The molecule has 0 spiro atoms. The topological polar surface area (TPSA) is 47.3 Å². The summed E-state index contributed by atoms with van der Waals surface area (Å²) in [6.45, 7) is 7.28. The van der Waals surface area contributed by atoms with Gasteiger partial charge in [0.1, 0.15) is 5.75 Å². The van der Waals surface area contributed by atoms with Crippen molar-refractivity contribution in [3.63, 3.8) is 0 Å². The summed E-state index contributed by atoms with van der Waals surface area (Å²) in [7, 11) is 0. The number of piperidine rings is 1. The van der Waals surface area contributed by atoms with Crippen molar-refractivity contribution in [2.24, 2.45) is 0 Å². The Morgan fingerprint density at radius 3 is 2.72 bits per heavy atom. The lowest BCUT2D eigenvalue weighted by molar-refractivity contribution is 0.243. The summed E-state index contributed by atoms with van der Waals surface area (Å²) in [5.74, 6) is 0.818. The molecule has 0 radical (unpaired) electrons. The van der Waals surface area contributed by atoms with E-state index in [0.29, 0.717) is 6.04 Å². The first-order valence-corrected chi connectivity index (χ1v) is 6.88. The van der Waals surface area contributed by atoms with Crippen LogP contribution >= 0.6 is 0 Å². The summed E-state index contributed by atoms with van der Waals surface area (Å²) in [5, 5.41) is 3.58. The quantitative estimate of drug-likeness (QED) is 0.808. The molecule has 0 aromatic heterocycles. The first-order chi connectivity index (χ1) is 8.58. The van der Waals surface area contributed by atoms with E-state index < -0.39 is 0 Å². The van der Waals surface area contributed by atoms with Crippen molar-refractivity contribution in [3.05, 3.63) is 23.3 Å². The summed E-state index contributed by atoms with van der Waals surface area (Å²) < 4.78 is 5.78. The highest BCUT2D eigenvalue weighted by Gasteiger charge is 2.18. The standard InChI is InChI=1S/C15H24N2O/c1-10(2)18-15-9-12(11(3)8-13(15)16)14-6-4-5-7-17-14/h8-10,14,17H,4-7,16H2,1-3H3. The van der Waals surface area contributed by atoms with Crippen LogP contribution in [0.4, 0.5) is 5.69 Å². The van der Waals surface area contributed by atoms with Crippen molar-refractivity contribution in [3.8, 4) is 5.75 Å². The predicted molar refractivity (Wildman–Crippen MR) is 76.0 cm³/mol. The molecule has 3 nitrogen and oxygen atoms in total. The number of nitrogens with one attached hydrogen (secondary N) is 1. The molecule has 1 aromatic rings. The summed E-state index contributed by atoms with van der Waals surface area (Å²) in [4.78, 5) is 0. The SMILES string of the molecule is Cc1cc(N)c(OC(C)C)cc1C1CCCCN1. The van der Waals surface area contributed by atoms with Crippen LogP contribution in [0.1, 0.15) is 50.3 Å². The van der Waals surface area contributed by atoms with Gasteiger partial charge in [0.05, 0.1) is 11.8 Å². The first-order valence-electron chi connectivity index (χ1n) is 6.88. The van der Waals surface area contributed by atoms with E-state index in [4.69, 9.17) is 10.5 Å². The number of rotatable bonds is 3. The van der Waals surface area contributed by atoms with Crippen molar-refractivity contribution in [2.45, 2.75) is 52.2 Å². The third-order valence-electron chi connectivity index (χ3n) is 3.45. The number of nitrogen functional groups attached to an aromatic ring is 1. The second-order valence-corrected chi connectivity index (χ2v) is 5.42. The van der Waals surface area contributed by atoms with Crippen molar-refractivity contribution >= 4 is 5.69 Å². The molecule has 1 aliphatic heterocycles. The van der Waals surface area contributed by atoms with Gasteiger partial charge < -0.3 is 15.8 Å². The average Bonchev–Trinajstić information content (AvgIpc) is 2.33. The molecule has 1 fully saturated rings. The van der Waals surface area contributed by atoms with E-state index in [1.54, 1.807) is 0 Å². The van der Waals surface area contributed by atoms with Crippen molar-refractivity contribution in [1.29, 1.82) is 0 Å². The molecule has 2 rings (SSSR count). The highest BCUT2D eigenvalue weighted by Crippen LogP contribution is 2.33. The molecule has 1 atom stereocenters. The van der Waals surface area contributed by atoms with Gasteiger partial charge in [-0.3, -0.25) is 0 Å². The van der Waals surface area contributed by atoms with Crippen LogP contribution in [0.3, 0.4) is 0 Å². The van der Waals surface area contributed by atoms with E-state index in [-0.39, 0.29) is 6.10 Å². The van der Waals surface area contributed by atoms with Crippen molar-refractivity contribution in [2.75, 3.05) is 12.3 Å². The Morgan fingerprint density at radius 1 is 1.33 bits per heavy atom. The van der Waals surface area contributed by atoms with Crippen LogP contribution in [0.25, 0.3) is 0 Å². The van der Waals surface area contributed by atoms with E-state index in [1.165, 1.54) is 30.4 Å². The lowest BCUT2D eigenvalue weighted by Gasteiger charge is -2.26. The number of benzene rings is 1. The molecule has 0 bridgehead atoms. The fourth-order valence-corrected chi connectivity index (χ4v) is 2.57. The molecule has 1 aromatic carbocycles. The molecule has 1 saturated heterocycles. The minimum Gasteiger partial charge on any atom is -0.489 e. The molecule has 3 heteroatoms. The lowest BCUT2D eigenvalue weighted by Crippen LogP contribution is -2.27. The van der Waals surface area contributed by atoms with E-state index in [2.05, 4.69) is 18.3 Å². The fourth-order valence-electron chi connectivity index (χ4n) is 2.57. The van der Waals surface area contributed by atoms with Crippen LogP contribution in [-0.4, -0.2) is 12.6 Å². The average molecular weight is 248 g/mol. The Hall–Kier alpha value is -1.22. The molecule has 18 heavy (non-hydrogen) atoms. The Morgan fingerprint density at radius 2 is 2.11 bits per heavy atom. The van der Waals surface area contributed by atoms with Gasteiger partial charge in [0.25, 0.3) is 0 Å². The van der Waals surface area contributed by atoms with Gasteiger partial charge in [-0.05, 0) is 63.4 Å². The summed E-state index contributed by atoms with van der Waals surface area (Å²) in [6, 6.07) is 4.60. The molecular formula is C15H24N2O. The van der Waals surface area contributed by atoms with Gasteiger partial charge in [0, 0.05) is 6.04 Å². The lowest BCUT2D eigenvalue weighted by atomic mass is 9.93. The van der Waals surface area contributed by atoms with Gasteiger partial charge >= 0.3 is 0 Å². The molecule has 0 aliphatic carbocycles. The Kier molecular flexibility index (Phi) is 4.12. The maximum atomic E-state index is 6.02. The van der Waals surface area contributed by atoms with E-state index >= 15 is 0 Å². The number of anilines is 1. The Bertz CT molecular complexity index is 409. The van der Waals surface area contributed by atoms with Gasteiger partial charge in [0.2, 0.25) is 0 Å². The van der Waals surface area contributed by atoms with Crippen LogP contribution in [0, 0.1) is 6.92 Å².